The predicted octanol–water partition coefficient (Wildman–Crippen LogP) is 3.68. The number of benzene rings is 1. The molecule has 2 rings (SSSR count). The summed E-state index contributed by atoms with van der Waals surface area (Å²) in [6.07, 6.45) is 1.04. The highest BCUT2D eigenvalue weighted by Crippen LogP contribution is 2.36. The first-order valence-corrected chi connectivity index (χ1v) is 8.27. The van der Waals surface area contributed by atoms with Crippen molar-refractivity contribution in [2.45, 2.75) is 31.3 Å². The van der Waals surface area contributed by atoms with E-state index in [1.807, 2.05) is 6.07 Å². The van der Waals surface area contributed by atoms with E-state index in [4.69, 9.17) is 5.84 Å². The third-order valence-corrected chi connectivity index (χ3v) is 5.74. The number of nitrogens with two attached hydrogens (primary N) is 1. The molecule has 0 aliphatic carbocycles. The molecular weight excluding hydrogens is 295 g/mol. The quantitative estimate of drug-likeness (QED) is 0.503. The summed E-state index contributed by atoms with van der Waals surface area (Å²) >= 11 is 3.00. The summed E-state index contributed by atoms with van der Waals surface area (Å²) in [5, 5.41) is 1.01. The summed E-state index contributed by atoms with van der Waals surface area (Å²) in [5.74, 6) is 5.19. The average Bonchev–Trinajstić information content (AvgIpc) is 2.83. The van der Waals surface area contributed by atoms with E-state index < -0.39 is 0 Å². The zero-order valence-electron chi connectivity index (χ0n) is 11.4. The molecular formula is C14H17FN2OS2. The minimum Gasteiger partial charge on any atom is -0.289 e. The zero-order valence-corrected chi connectivity index (χ0v) is 13.0. The number of halogens is 1. The average molecular weight is 312 g/mol. The van der Waals surface area contributed by atoms with Crippen molar-refractivity contribution >= 4 is 39.1 Å². The summed E-state index contributed by atoms with van der Waals surface area (Å²) in [7, 11) is 0. The molecule has 3 N–H and O–H groups in total. The van der Waals surface area contributed by atoms with Crippen LogP contribution in [0.4, 0.5) is 4.39 Å². The molecule has 2 aromatic rings. The lowest BCUT2D eigenvalue weighted by Gasteiger charge is -2.09. The molecule has 3 nitrogen and oxygen atoms in total. The predicted molar refractivity (Wildman–Crippen MR) is 84.5 cm³/mol. The molecule has 1 amide bonds. The summed E-state index contributed by atoms with van der Waals surface area (Å²) in [5.41, 5.74) is 2.89. The monoisotopic (exact) mass is 312 g/mol. The number of hydrogen-bond acceptors (Lipinski definition) is 4. The highest BCUT2D eigenvalue weighted by molar-refractivity contribution is 7.99. The van der Waals surface area contributed by atoms with Crippen molar-refractivity contribution in [3.05, 3.63) is 34.5 Å². The van der Waals surface area contributed by atoms with Crippen LogP contribution in [0.1, 0.15) is 35.5 Å². The Kier molecular flexibility index (Phi) is 5.01. The second-order valence-electron chi connectivity index (χ2n) is 4.53. The fourth-order valence-corrected chi connectivity index (χ4v) is 4.10. The number of amides is 1. The highest BCUT2D eigenvalue weighted by atomic mass is 32.2. The fourth-order valence-electron chi connectivity index (χ4n) is 1.90. The van der Waals surface area contributed by atoms with Gasteiger partial charge in [0.25, 0.3) is 5.91 Å². The number of carbonyl (C=O) groups is 1. The van der Waals surface area contributed by atoms with Gasteiger partial charge in [-0.15, -0.1) is 11.3 Å². The van der Waals surface area contributed by atoms with Crippen molar-refractivity contribution in [2.75, 3.05) is 0 Å². The molecule has 1 aromatic heterocycles. The van der Waals surface area contributed by atoms with Gasteiger partial charge in [0.2, 0.25) is 0 Å². The molecule has 0 spiro atoms. The third kappa shape index (κ3) is 2.97. The Morgan fingerprint density at radius 2 is 2.30 bits per heavy atom. The van der Waals surface area contributed by atoms with Crippen molar-refractivity contribution < 1.29 is 9.18 Å². The largest absolute Gasteiger partial charge is 0.289 e. The molecule has 20 heavy (non-hydrogen) atoms. The van der Waals surface area contributed by atoms with Crippen LogP contribution in [0, 0.1) is 5.82 Å². The van der Waals surface area contributed by atoms with Gasteiger partial charge in [0.15, 0.2) is 0 Å². The molecule has 1 unspecified atom stereocenters. The highest BCUT2D eigenvalue weighted by Gasteiger charge is 2.20. The Hall–Kier alpha value is -1.11. The van der Waals surface area contributed by atoms with Crippen LogP contribution in [0.3, 0.4) is 0 Å². The number of nitrogen functional groups attached to an aromatic ring is 1. The molecule has 0 fully saturated rings. The molecule has 0 radical (unpaired) electrons. The summed E-state index contributed by atoms with van der Waals surface area (Å²) in [6, 6.07) is 4.91. The smallest absolute Gasteiger partial charge is 0.275 e. The van der Waals surface area contributed by atoms with E-state index in [9.17, 15) is 9.18 Å². The first-order chi connectivity index (χ1) is 9.58. The number of hydrogen-bond donors (Lipinski definition) is 2. The first-order valence-electron chi connectivity index (χ1n) is 6.40. The molecule has 1 heterocycles. The minimum absolute atomic E-state index is 0.283. The van der Waals surface area contributed by atoms with Gasteiger partial charge >= 0.3 is 0 Å². The van der Waals surface area contributed by atoms with Crippen LogP contribution in [0.5, 0.6) is 0 Å². The van der Waals surface area contributed by atoms with E-state index in [0.29, 0.717) is 21.3 Å². The van der Waals surface area contributed by atoms with Gasteiger partial charge < -0.3 is 0 Å². The molecule has 0 saturated heterocycles. The number of fused-ring (bicyclic) bond motifs is 1. The van der Waals surface area contributed by atoms with Gasteiger partial charge in [0, 0.05) is 21.1 Å². The lowest BCUT2D eigenvalue weighted by molar-refractivity contribution is 0.0957. The second-order valence-corrected chi connectivity index (χ2v) is 7.00. The van der Waals surface area contributed by atoms with Crippen LogP contribution in [-0.4, -0.2) is 11.2 Å². The Morgan fingerprint density at radius 3 is 2.95 bits per heavy atom. The number of rotatable bonds is 5. The van der Waals surface area contributed by atoms with Crippen molar-refractivity contribution in [1.29, 1.82) is 0 Å². The molecule has 6 heteroatoms. The fraction of sp³-hybridized carbons (Fsp3) is 0.357. The normalized spacial score (nSPS) is 12.6. The Bertz CT molecular complexity index is 627. The Labute approximate surface area is 125 Å². The van der Waals surface area contributed by atoms with Gasteiger partial charge in [0.1, 0.15) is 5.82 Å². The molecule has 0 bridgehead atoms. The summed E-state index contributed by atoms with van der Waals surface area (Å²) in [6.45, 7) is 4.23. The molecule has 0 aliphatic heterocycles. The van der Waals surface area contributed by atoms with Crippen LogP contribution < -0.4 is 11.3 Å². The molecule has 0 aliphatic rings. The van der Waals surface area contributed by atoms with Crippen molar-refractivity contribution in [2.24, 2.45) is 5.84 Å². The standard InChI is InChI=1S/C14H17FN2OS2/c1-3-8(2)19-7-9-12-10(15)5-4-6-11(12)20-13(9)14(18)17-16/h4-6,8H,3,7,16H2,1-2H3,(H,17,18). The number of nitrogens with one attached hydrogen (secondary N) is 1. The Morgan fingerprint density at radius 1 is 1.55 bits per heavy atom. The summed E-state index contributed by atoms with van der Waals surface area (Å²) < 4.78 is 14.8. The van der Waals surface area contributed by atoms with Gasteiger partial charge in [-0.2, -0.15) is 11.8 Å². The maximum absolute atomic E-state index is 14.1. The maximum Gasteiger partial charge on any atom is 0.275 e. The molecule has 108 valence electrons. The Balaban J connectivity index is 2.49. The number of thiophene rings is 1. The van der Waals surface area contributed by atoms with Gasteiger partial charge in [-0.05, 0) is 24.1 Å². The second kappa shape index (κ2) is 6.56. The topological polar surface area (TPSA) is 55.1 Å². The van der Waals surface area contributed by atoms with E-state index in [1.165, 1.54) is 17.4 Å². The van der Waals surface area contributed by atoms with E-state index in [2.05, 4.69) is 19.3 Å². The SMILES string of the molecule is CCC(C)SCc1c(C(=O)NN)sc2cccc(F)c12. The van der Waals surface area contributed by atoms with Gasteiger partial charge in [-0.3, -0.25) is 10.2 Å². The van der Waals surface area contributed by atoms with Crippen LogP contribution in [-0.2, 0) is 5.75 Å². The third-order valence-electron chi connectivity index (χ3n) is 3.19. The maximum atomic E-state index is 14.1. The van der Waals surface area contributed by atoms with E-state index >= 15 is 0 Å². The number of hydrazine groups is 1. The van der Waals surface area contributed by atoms with Gasteiger partial charge in [-0.1, -0.05) is 19.9 Å². The lowest BCUT2D eigenvalue weighted by Crippen LogP contribution is -2.29. The van der Waals surface area contributed by atoms with Crippen LogP contribution in [0.15, 0.2) is 18.2 Å². The van der Waals surface area contributed by atoms with Crippen molar-refractivity contribution in [1.82, 2.24) is 5.43 Å². The van der Waals surface area contributed by atoms with Crippen LogP contribution in [0.25, 0.3) is 10.1 Å². The summed E-state index contributed by atoms with van der Waals surface area (Å²) in [4.78, 5) is 12.4. The van der Waals surface area contributed by atoms with Gasteiger partial charge in [-0.25, -0.2) is 10.2 Å². The molecule has 0 saturated carbocycles. The molecule has 1 aromatic carbocycles. The van der Waals surface area contributed by atoms with Gasteiger partial charge in [0.05, 0.1) is 4.88 Å². The lowest BCUT2D eigenvalue weighted by atomic mass is 10.1. The number of thioether (sulfide) groups is 1. The minimum atomic E-state index is -0.356. The molecule has 1 atom stereocenters. The van der Waals surface area contributed by atoms with Crippen molar-refractivity contribution in [3.63, 3.8) is 0 Å². The first kappa shape index (κ1) is 15.3. The van der Waals surface area contributed by atoms with Crippen LogP contribution >= 0.6 is 23.1 Å². The zero-order chi connectivity index (χ0) is 14.7. The van der Waals surface area contributed by atoms with E-state index in [1.54, 1.807) is 17.8 Å². The van der Waals surface area contributed by atoms with Crippen molar-refractivity contribution in [3.8, 4) is 0 Å². The van der Waals surface area contributed by atoms with E-state index in [0.717, 1.165) is 16.7 Å². The van der Waals surface area contributed by atoms with E-state index in [-0.39, 0.29) is 11.7 Å². The number of carbonyl (C=O) groups excluding carboxylic acids is 1. The van der Waals surface area contributed by atoms with Crippen LogP contribution in [0.2, 0.25) is 0 Å².